The van der Waals surface area contributed by atoms with Crippen molar-refractivity contribution in [2.75, 3.05) is 18.6 Å². The third-order valence-corrected chi connectivity index (χ3v) is 6.89. The minimum atomic E-state index is -0.564. The molecule has 0 bridgehead atoms. The molecule has 1 saturated heterocycles. The van der Waals surface area contributed by atoms with Crippen LogP contribution in [0, 0.1) is 5.82 Å². The molecule has 2 amide bonds. The van der Waals surface area contributed by atoms with E-state index in [0.717, 1.165) is 5.56 Å². The minimum absolute atomic E-state index is 0.0531. The van der Waals surface area contributed by atoms with Crippen LogP contribution in [0.5, 0.6) is 5.75 Å². The van der Waals surface area contributed by atoms with E-state index in [1.54, 1.807) is 36.4 Å². The van der Waals surface area contributed by atoms with Gasteiger partial charge in [-0.15, -0.1) is 0 Å². The van der Waals surface area contributed by atoms with Crippen LogP contribution in [-0.4, -0.2) is 52.9 Å². The monoisotopic (exact) mass is 550 g/mol. The molecule has 10 heteroatoms. The quantitative estimate of drug-likeness (QED) is 0.401. The molecule has 1 fully saturated rings. The van der Waals surface area contributed by atoms with Gasteiger partial charge in [0.15, 0.2) is 0 Å². The van der Waals surface area contributed by atoms with Gasteiger partial charge < -0.3 is 20.7 Å². The summed E-state index contributed by atoms with van der Waals surface area (Å²) in [5, 5.41) is 3.13. The zero-order chi connectivity index (χ0) is 28.1. The van der Waals surface area contributed by atoms with Crippen molar-refractivity contribution in [3.8, 4) is 5.75 Å². The highest BCUT2D eigenvalue weighted by Crippen LogP contribution is 2.28. The molecule has 1 heterocycles. The number of anilines is 1. The maximum absolute atomic E-state index is 13.3. The number of carbonyl (C=O) groups is 2. The Morgan fingerprint density at radius 3 is 2.44 bits per heavy atom. The Kier molecular flexibility index (Phi) is 8.66. The molecule has 8 nitrogen and oxygen atoms in total. The minimum Gasteiger partial charge on any atom is -0.477 e. The van der Waals surface area contributed by atoms with Crippen LogP contribution in [0.3, 0.4) is 0 Å². The lowest BCUT2D eigenvalue weighted by atomic mass is 10.0. The topological polar surface area (TPSA) is 105 Å². The number of carbonyl (C=O) groups excluding carboxylic acids is 3. The Hall–Kier alpha value is -4.17. The summed E-state index contributed by atoms with van der Waals surface area (Å²) in [7, 11) is 0. The maximum Gasteiger partial charge on any atom is 0.259 e. The van der Waals surface area contributed by atoms with Crippen LogP contribution in [0.15, 0.2) is 72.4 Å². The van der Waals surface area contributed by atoms with E-state index >= 15 is 0 Å². The standard InChI is InChI=1S/C29H28ClFN4O4/c1-18-14-34(19(2)26(16-36)35(18)15-20-3-8-23(31)9-4-20)17-39-27-12-7-22(30)13-25(27)29(38)33-24-10-5-21(6-11-24)28(32)37/h3-13,18-19H,14-15,17H2,1-2H3,(H2,32,37)(H,33,38)/t18-,19+/m1/s1. The van der Waals surface area contributed by atoms with Crippen molar-refractivity contribution in [1.82, 2.24) is 9.80 Å². The molecule has 3 N–H and O–H groups in total. The number of nitrogens with one attached hydrogen (secondary N) is 1. The molecule has 0 aromatic heterocycles. The van der Waals surface area contributed by atoms with Gasteiger partial charge in [0.1, 0.15) is 29.9 Å². The third-order valence-electron chi connectivity index (χ3n) is 6.65. The van der Waals surface area contributed by atoms with Gasteiger partial charge in [-0.1, -0.05) is 23.7 Å². The lowest BCUT2D eigenvalue weighted by Gasteiger charge is -2.45. The SMILES string of the molecule is C[C@@H]1CN(COc2ccc(Cl)cc2C(=O)Nc2ccc(C(N)=O)cc2)[C@@H](C)C(=C=O)N1Cc1ccc(F)cc1. The van der Waals surface area contributed by atoms with Gasteiger partial charge in [0, 0.05) is 35.4 Å². The van der Waals surface area contributed by atoms with E-state index in [1.807, 2.05) is 23.6 Å². The summed E-state index contributed by atoms with van der Waals surface area (Å²) >= 11 is 6.17. The molecule has 0 unspecified atom stereocenters. The van der Waals surface area contributed by atoms with Crippen molar-refractivity contribution in [2.24, 2.45) is 5.73 Å². The Balaban J connectivity index is 1.46. The highest BCUT2D eigenvalue weighted by atomic mass is 35.5. The molecule has 3 aromatic rings. The number of hydrogen-bond donors (Lipinski definition) is 2. The molecule has 2 atom stereocenters. The Labute approximate surface area is 230 Å². The highest BCUT2D eigenvalue weighted by Gasteiger charge is 2.34. The normalized spacial score (nSPS) is 17.4. The Bertz CT molecular complexity index is 1410. The van der Waals surface area contributed by atoms with Crippen molar-refractivity contribution in [3.63, 3.8) is 0 Å². The number of hydrogen-bond acceptors (Lipinski definition) is 6. The fourth-order valence-corrected chi connectivity index (χ4v) is 4.63. The lowest BCUT2D eigenvalue weighted by Crippen LogP contribution is -2.55. The molecule has 202 valence electrons. The van der Waals surface area contributed by atoms with Gasteiger partial charge in [-0.05, 0) is 74.0 Å². The summed E-state index contributed by atoms with van der Waals surface area (Å²) in [6.45, 7) is 5.01. The number of nitrogens with two attached hydrogens (primary N) is 1. The Morgan fingerprint density at radius 1 is 1.10 bits per heavy atom. The van der Waals surface area contributed by atoms with Crippen LogP contribution in [0.1, 0.15) is 40.1 Å². The number of benzene rings is 3. The van der Waals surface area contributed by atoms with Crippen molar-refractivity contribution >= 4 is 35.0 Å². The average Bonchev–Trinajstić information content (AvgIpc) is 2.92. The predicted molar refractivity (Wildman–Crippen MR) is 147 cm³/mol. The first-order chi connectivity index (χ1) is 18.7. The molecule has 1 aliphatic heterocycles. The van der Waals surface area contributed by atoms with Gasteiger partial charge in [0.25, 0.3) is 5.91 Å². The molecular formula is C29H28ClFN4O4. The number of nitrogens with zero attached hydrogens (tertiary/aromatic N) is 2. The number of ether oxygens (including phenoxy) is 1. The summed E-state index contributed by atoms with van der Waals surface area (Å²) in [5.74, 6) is 1.07. The lowest BCUT2D eigenvalue weighted by molar-refractivity contribution is 0.0283. The molecule has 0 spiro atoms. The van der Waals surface area contributed by atoms with Gasteiger partial charge in [-0.25, -0.2) is 9.18 Å². The summed E-state index contributed by atoms with van der Waals surface area (Å²) in [6.07, 6.45) is 0. The second kappa shape index (κ2) is 12.1. The molecule has 1 aliphatic rings. The van der Waals surface area contributed by atoms with E-state index in [1.165, 1.54) is 30.3 Å². The van der Waals surface area contributed by atoms with Gasteiger partial charge in [-0.3, -0.25) is 14.5 Å². The molecule has 39 heavy (non-hydrogen) atoms. The molecule has 0 aliphatic carbocycles. The maximum atomic E-state index is 13.3. The summed E-state index contributed by atoms with van der Waals surface area (Å²) in [5.41, 5.74) is 7.64. The van der Waals surface area contributed by atoms with Gasteiger partial charge in [-0.2, -0.15) is 0 Å². The van der Waals surface area contributed by atoms with Crippen LogP contribution in [0.2, 0.25) is 5.02 Å². The number of rotatable bonds is 8. The molecular weight excluding hydrogens is 523 g/mol. The number of halogens is 2. The smallest absolute Gasteiger partial charge is 0.259 e. The van der Waals surface area contributed by atoms with Crippen LogP contribution < -0.4 is 15.8 Å². The van der Waals surface area contributed by atoms with E-state index in [4.69, 9.17) is 22.1 Å². The van der Waals surface area contributed by atoms with Crippen LogP contribution >= 0.6 is 11.6 Å². The van der Waals surface area contributed by atoms with Crippen molar-refractivity contribution in [1.29, 1.82) is 0 Å². The van der Waals surface area contributed by atoms with E-state index in [9.17, 15) is 18.8 Å². The molecule has 0 saturated carbocycles. The molecule has 4 rings (SSSR count). The van der Waals surface area contributed by atoms with Crippen molar-refractivity contribution in [3.05, 3.63) is 100.0 Å². The van der Waals surface area contributed by atoms with E-state index in [2.05, 4.69) is 11.3 Å². The van der Waals surface area contributed by atoms with E-state index in [-0.39, 0.29) is 30.2 Å². The fraction of sp³-hybridized carbons (Fsp3) is 0.241. The third kappa shape index (κ3) is 6.64. The van der Waals surface area contributed by atoms with E-state index < -0.39 is 11.8 Å². The van der Waals surface area contributed by atoms with E-state index in [0.29, 0.717) is 40.8 Å². The second-order valence-electron chi connectivity index (χ2n) is 9.35. The van der Waals surface area contributed by atoms with Gasteiger partial charge in [0.2, 0.25) is 5.91 Å². The molecule has 3 aromatic carbocycles. The average molecular weight is 551 g/mol. The Morgan fingerprint density at radius 2 is 1.79 bits per heavy atom. The van der Waals surface area contributed by atoms with Gasteiger partial charge in [0.05, 0.1) is 11.6 Å². The van der Waals surface area contributed by atoms with Crippen LogP contribution in [0.4, 0.5) is 10.1 Å². The zero-order valence-electron chi connectivity index (χ0n) is 21.5. The molecule has 0 radical (unpaired) electrons. The van der Waals surface area contributed by atoms with Crippen LogP contribution in [-0.2, 0) is 11.3 Å². The first-order valence-corrected chi connectivity index (χ1v) is 12.7. The first kappa shape index (κ1) is 27.9. The number of piperazine rings is 1. The number of amides is 2. The largest absolute Gasteiger partial charge is 0.477 e. The van der Waals surface area contributed by atoms with Crippen molar-refractivity contribution < 1.29 is 23.5 Å². The second-order valence-corrected chi connectivity index (χ2v) is 9.78. The number of primary amides is 1. The summed E-state index contributed by atoms with van der Waals surface area (Å²) in [4.78, 5) is 40.3. The van der Waals surface area contributed by atoms with Crippen LogP contribution in [0.25, 0.3) is 0 Å². The predicted octanol–water partition coefficient (Wildman–Crippen LogP) is 4.48. The summed E-state index contributed by atoms with van der Waals surface area (Å²) in [6, 6.07) is 16.8. The highest BCUT2D eigenvalue weighted by molar-refractivity contribution is 6.31. The first-order valence-electron chi connectivity index (χ1n) is 12.3. The van der Waals surface area contributed by atoms with Crippen molar-refractivity contribution in [2.45, 2.75) is 32.5 Å². The fourth-order valence-electron chi connectivity index (χ4n) is 4.46. The van der Waals surface area contributed by atoms with Gasteiger partial charge >= 0.3 is 0 Å². The summed E-state index contributed by atoms with van der Waals surface area (Å²) < 4.78 is 19.4. The zero-order valence-corrected chi connectivity index (χ0v) is 22.2.